The molecule has 4 heterocycles. The summed E-state index contributed by atoms with van der Waals surface area (Å²) in [5.41, 5.74) is 8.94. The molecule has 0 spiro atoms. The van der Waals surface area contributed by atoms with E-state index >= 15 is 0 Å². The molecule has 0 unspecified atom stereocenters. The Bertz CT molecular complexity index is 1500. The Morgan fingerprint density at radius 1 is 1.15 bits per heavy atom. The molecule has 1 aliphatic rings. The van der Waals surface area contributed by atoms with Gasteiger partial charge in [-0.3, -0.25) is 4.98 Å². The fraction of sp³-hybridized carbons (Fsp3) is 0.227. The maximum atomic E-state index is 11.9. The minimum Gasteiger partial charge on any atom is -0.384 e. The Morgan fingerprint density at radius 3 is 2.67 bits per heavy atom. The van der Waals surface area contributed by atoms with Crippen molar-refractivity contribution >= 4 is 26.7 Å². The number of hydrogen-bond donors (Lipinski definition) is 1. The van der Waals surface area contributed by atoms with Gasteiger partial charge >= 0.3 is 0 Å². The summed E-state index contributed by atoms with van der Waals surface area (Å²) in [6.07, 6.45) is 6.32. The first kappa shape index (κ1) is 21.0. The Hall–Kier alpha value is -3.88. The fourth-order valence-electron chi connectivity index (χ4n) is 4.05. The summed E-state index contributed by atoms with van der Waals surface area (Å²) >= 11 is 0. The predicted octanol–water partition coefficient (Wildman–Crippen LogP) is 2.02. The number of pyridine rings is 2. The minimum absolute atomic E-state index is 0.104. The number of nitrogens with zero attached hydrogens (tertiary/aromatic N) is 7. The maximum absolute atomic E-state index is 11.9. The lowest BCUT2D eigenvalue weighted by Crippen LogP contribution is -2.64. The molecule has 0 radical (unpaired) electrons. The van der Waals surface area contributed by atoms with Crippen LogP contribution in [-0.4, -0.2) is 57.0 Å². The molecular weight excluding hydrogens is 440 g/mol. The average Bonchev–Trinajstić information content (AvgIpc) is 3.25. The lowest BCUT2D eigenvalue weighted by Gasteiger charge is -2.46. The first-order valence-electron chi connectivity index (χ1n) is 10.2. The van der Waals surface area contributed by atoms with E-state index in [4.69, 9.17) is 5.73 Å². The summed E-state index contributed by atoms with van der Waals surface area (Å²) in [4.78, 5) is 10.2. The first-order chi connectivity index (χ1) is 15.8. The molecule has 4 aromatic rings. The molecule has 1 fully saturated rings. The van der Waals surface area contributed by atoms with Crippen LogP contribution in [0.1, 0.15) is 6.42 Å². The van der Waals surface area contributed by atoms with Crippen LogP contribution < -0.4 is 5.73 Å². The second-order valence-corrected chi connectivity index (χ2v) is 10.2. The molecule has 33 heavy (non-hydrogen) atoms. The molecule has 11 heteroatoms. The second kappa shape index (κ2) is 7.61. The molecular formula is C22H20N8O2S. The maximum Gasteiger partial charge on any atom is 0.211 e. The van der Waals surface area contributed by atoms with Crippen molar-refractivity contribution in [1.82, 2.24) is 29.3 Å². The molecule has 1 aromatic carbocycles. The zero-order chi connectivity index (χ0) is 23.2. The highest BCUT2D eigenvalue weighted by atomic mass is 32.2. The number of anilines is 1. The molecule has 0 bridgehead atoms. The van der Waals surface area contributed by atoms with Gasteiger partial charge in [-0.1, -0.05) is 6.07 Å². The Morgan fingerprint density at radius 2 is 1.97 bits per heavy atom. The van der Waals surface area contributed by atoms with Gasteiger partial charge in [0.05, 0.1) is 30.5 Å². The first-order valence-corrected chi connectivity index (χ1v) is 12.0. The van der Waals surface area contributed by atoms with Crippen LogP contribution in [0.3, 0.4) is 0 Å². The Balaban J connectivity index is 1.59. The second-order valence-electron chi connectivity index (χ2n) is 8.18. The number of nitrogens with two attached hydrogens (primary N) is 1. The SMILES string of the molecule is CS(=O)(=O)N1CC(CC#N)(n2ncc(-c3cc(-c4ccc(N)nc4)cc4ncccc34)n2)C1. The van der Waals surface area contributed by atoms with E-state index in [2.05, 4.69) is 26.2 Å². The van der Waals surface area contributed by atoms with Crippen LogP contribution in [0.15, 0.2) is 55.0 Å². The molecule has 10 nitrogen and oxygen atoms in total. The summed E-state index contributed by atoms with van der Waals surface area (Å²) in [5.74, 6) is 0.437. The number of nitrogen functional groups attached to an aromatic ring is 1. The monoisotopic (exact) mass is 460 g/mol. The standard InChI is InChI=1S/C22H20N8O2S/c1-33(31,32)29-13-22(14-29,6-7-23)30-27-12-20(28-30)18-9-16(15-4-5-21(24)26-11-15)10-19-17(18)3-2-8-25-19/h2-5,8-12H,6,13-14H2,1H3,(H2,24,26). The van der Waals surface area contributed by atoms with Gasteiger partial charge < -0.3 is 5.73 Å². The topological polar surface area (TPSA) is 144 Å². The van der Waals surface area contributed by atoms with Gasteiger partial charge in [0.1, 0.15) is 17.1 Å². The predicted molar refractivity (Wildman–Crippen MR) is 123 cm³/mol. The smallest absolute Gasteiger partial charge is 0.211 e. The van der Waals surface area contributed by atoms with Crippen molar-refractivity contribution in [2.24, 2.45) is 0 Å². The van der Waals surface area contributed by atoms with Crippen molar-refractivity contribution in [3.05, 3.63) is 55.0 Å². The minimum atomic E-state index is -3.35. The number of hydrogen-bond acceptors (Lipinski definition) is 8. The van der Waals surface area contributed by atoms with Crippen LogP contribution in [0, 0.1) is 11.3 Å². The molecule has 0 aliphatic carbocycles. The third-order valence-electron chi connectivity index (χ3n) is 5.85. The largest absolute Gasteiger partial charge is 0.384 e. The summed E-state index contributed by atoms with van der Waals surface area (Å²) in [5, 5.41) is 19.4. The van der Waals surface area contributed by atoms with Crippen molar-refractivity contribution in [2.75, 3.05) is 25.1 Å². The molecule has 2 N–H and O–H groups in total. The van der Waals surface area contributed by atoms with Crippen LogP contribution in [-0.2, 0) is 15.6 Å². The van der Waals surface area contributed by atoms with E-state index in [1.165, 1.54) is 9.10 Å². The Labute approximate surface area is 190 Å². The molecule has 1 saturated heterocycles. The molecule has 3 aromatic heterocycles. The van der Waals surface area contributed by atoms with E-state index in [9.17, 15) is 13.7 Å². The zero-order valence-corrected chi connectivity index (χ0v) is 18.6. The molecule has 0 saturated carbocycles. The van der Waals surface area contributed by atoms with Crippen LogP contribution in [0.5, 0.6) is 0 Å². The highest BCUT2D eigenvalue weighted by molar-refractivity contribution is 7.88. The Kier molecular flexibility index (Phi) is 4.84. The van der Waals surface area contributed by atoms with E-state index in [0.29, 0.717) is 11.5 Å². The van der Waals surface area contributed by atoms with Gasteiger partial charge in [0.15, 0.2) is 0 Å². The summed E-state index contributed by atoms with van der Waals surface area (Å²) in [7, 11) is -3.35. The lowest BCUT2D eigenvalue weighted by molar-refractivity contribution is 0.0579. The molecule has 1 aliphatic heterocycles. The number of rotatable bonds is 5. The van der Waals surface area contributed by atoms with E-state index in [0.717, 1.165) is 33.8 Å². The van der Waals surface area contributed by atoms with Crippen LogP contribution >= 0.6 is 0 Å². The zero-order valence-electron chi connectivity index (χ0n) is 17.8. The van der Waals surface area contributed by atoms with Crippen molar-refractivity contribution in [3.8, 4) is 28.5 Å². The number of fused-ring (bicyclic) bond motifs is 1. The van der Waals surface area contributed by atoms with Gasteiger partial charge in [-0.25, -0.2) is 13.4 Å². The van der Waals surface area contributed by atoms with Crippen molar-refractivity contribution in [1.29, 1.82) is 5.26 Å². The van der Waals surface area contributed by atoms with Crippen LogP contribution in [0.4, 0.5) is 5.82 Å². The van der Waals surface area contributed by atoms with E-state index < -0.39 is 15.6 Å². The molecule has 166 valence electrons. The van der Waals surface area contributed by atoms with Gasteiger partial charge in [0.25, 0.3) is 0 Å². The lowest BCUT2D eigenvalue weighted by atomic mass is 9.90. The number of sulfonamides is 1. The average molecular weight is 461 g/mol. The highest BCUT2D eigenvalue weighted by Crippen LogP contribution is 2.36. The number of benzene rings is 1. The van der Waals surface area contributed by atoms with Crippen molar-refractivity contribution in [2.45, 2.75) is 12.0 Å². The fourth-order valence-corrected chi connectivity index (χ4v) is 5.00. The molecule has 0 atom stereocenters. The summed E-state index contributed by atoms with van der Waals surface area (Å²) in [6, 6.07) is 13.6. The van der Waals surface area contributed by atoms with Crippen LogP contribution in [0.2, 0.25) is 0 Å². The third-order valence-corrected chi connectivity index (χ3v) is 7.05. The summed E-state index contributed by atoms with van der Waals surface area (Å²) < 4.78 is 25.1. The number of nitriles is 1. The van der Waals surface area contributed by atoms with Gasteiger partial charge in [0.2, 0.25) is 10.0 Å². The van der Waals surface area contributed by atoms with E-state index in [1.807, 2.05) is 30.3 Å². The van der Waals surface area contributed by atoms with Gasteiger partial charge in [-0.15, -0.1) is 0 Å². The molecule has 0 amide bonds. The van der Waals surface area contributed by atoms with Crippen molar-refractivity contribution < 1.29 is 8.42 Å². The normalized spacial score (nSPS) is 15.8. The molecule has 5 rings (SSSR count). The van der Waals surface area contributed by atoms with Crippen molar-refractivity contribution in [3.63, 3.8) is 0 Å². The number of aromatic nitrogens is 5. The quantitative estimate of drug-likeness (QED) is 0.476. The third kappa shape index (κ3) is 3.69. The van der Waals surface area contributed by atoms with E-state index in [-0.39, 0.29) is 19.5 Å². The van der Waals surface area contributed by atoms with Gasteiger partial charge in [-0.05, 0) is 35.9 Å². The highest BCUT2D eigenvalue weighted by Gasteiger charge is 2.50. The van der Waals surface area contributed by atoms with Gasteiger partial charge in [0, 0.05) is 42.0 Å². The van der Waals surface area contributed by atoms with Crippen LogP contribution in [0.25, 0.3) is 33.3 Å². The summed E-state index contributed by atoms with van der Waals surface area (Å²) in [6.45, 7) is 0.319. The van der Waals surface area contributed by atoms with Gasteiger partial charge in [-0.2, -0.15) is 24.6 Å². The van der Waals surface area contributed by atoms with E-state index in [1.54, 1.807) is 24.7 Å².